The summed E-state index contributed by atoms with van der Waals surface area (Å²) >= 11 is 0. The van der Waals surface area contributed by atoms with Crippen LogP contribution >= 0.6 is 0 Å². The maximum atomic E-state index is 5.30. The lowest BCUT2D eigenvalue weighted by Gasteiger charge is -2.01. The van der Waals surface area contributed by atoms with Crippen LogP contribution in [-0.2, 0) is 12.8 Å². The molecule has 94 valence electrons. The van der Waals surface area contributed by atoms with Crippen LogP contribution in [0.4, 0.5) is 0 Å². The molecule has 1 N–H and O–H groups in total. The molecular weight excluding hydrogens is 226 g/mol. The van der Waals surface area contributed by atoms with E-state index in [1.165, 1.54) is 12.0 Å². The van der Waals surface area contributed by atoms with Gasteiger partial charge in [-0.1, -0.05) is 35.5 Å². The van der Waals surface area contributed by atoms with Gasteiger partial charge in [-0.3, -0.25) is 0 Å². The zero-order valence-electron chi connectivity index (χ0n) is 10.3. The van der Waals surface area contributed by atoms with Crippen LogP contribution in [0.5, 0.6) is 0 Å². The number of hydrogen-bond donors (Lipinski definition) is 1. The number of nitrogens with one attached hydrogen (secondary N) is 1. The summed E-state index contributed by atoms with van der Waals surface area (Å²) in [6.45, 7) is 1.05. The molecule has 1 aromatic heterocycles. The number of aromatic nitrogens is 2. The molecule has 1 unspecified atom stereocenters. The highest BCUT2D eigenvalue weighted by atomic mass is 16.5. The number of hydrogen-bond acceptors (Lipinski definition) is 4. The second-order valence-corrected chi connectivity index (χ2v) is 4.68. The average Bonchev–Trinajstić information content (AvgIpc) is 3.08. The number of benzene rings is 1. The monoisotopic (exact) mass is 243 g/mol. The molecule has 18 heavy (non-hydrogen) atoms. The minimum absolute atomic E-state index is 0.291. The number of aryl methyl sites for hydroxylation is 2. The summed E-state index contributed by atoms with van der Waals surface area (Å²) in [5.41, 5.74) is 1.30. The van der Waals surface area contributed by atoms with Gasteiger partial charge in [0.05, 0.1) is 6.04 Å². The second kappa shape index (κ2) is 5.31. The van der Waals surface area contributed by atoms with Gasteiger partial charge in [0.1, 0.15) is 0 Å². The molecule has 1 fully saturated rings. The van der Waals surface area contributed by atoms with Gasteiger partial charge in [0.2, 0.25) is 5.89 Å². The lowest BCUT2D eigenvalue weighted by Crippen LogP contribution is -2.14. The van der Waals surface area contributed by atoms with E-state index in [0.29, 0.717) is 6.04 Å². The molecule has 0 amide bonds. The predicted molar refractivity (Wildman–Crippen MR) is 68.1 cm³/mol. The molecule has 3 rings (SSSR count). The highest BCUT2D eigenvalue weighted by molar-refractivity contribution is 5.15. The standard InChI is InChI=1S/C14H17N3O/c1-2-5-11(6-3-1)8-9-13-16-14(17-18-13)12-7-4-10-15-12/h1-3,5-6,12,15H,4,7-10H2. The van der Waals surface area contributed by atoms with E-state index in [-0.39, 0.29) is 0 Å². The first kappa shape index (κ1) is 11.4. The van der Waals surface area contributed by atoms with Crippen LogP contribution in [0.15, 0.2) is 34.9 Å². The minimum atomic E-state index is 0.291. The summed E-state index contributed by atoms with van der Waals surface area (Å²) in [6.07, 6.45) is 4.06. The first-order valence-electron chi connectivity index (χ1n) is 6.51. The molecule has 0 aliphatic carbocycles. The van der Waals surface area contributed by atoms with Crippen LogP contribution in [0, 0.1) is 0 Å². The summed E-state index contributed by atoms with van der Waals surface area (Å²) in [4.78, 5) is 4.47. The normalized spacial score (nSPS) is 19.2. The van der Waals surface area contributed by atoms with E-state index >= 15 is 0 Å². The van der Waals surface area contributed by atoms with Crippen LogP contribution in [0.2, 0.25) is 0 Å². The molecule has 0 radical (unpaired) electrons. The van der Waals surface area contributed by atoms with Crippen molar-refractivity contribution in [3.8, 4) is 0 Å². The Morgan fingerprint density at radius 1 is 1.22 bits per heavy atom. The van der Waals surface area contributed by atoms with Crippen LogP contribution < -0.4 is 5.32 Å². The summed E-state index contributed by atoms with van der Waals surface area (Å²) in [5.74, 6) is 1.55. The molecule has 0 spiro atoms. The Balaban J connectivity index is 1.60. The summed E-state index contributed by atoms with van der Waals surface area (Å²) < 4.78 is 5.30. The Bertz CT molecular complexity index is 489. The lowest BCUT2D eigenvalue weighted by molar-refractivity contribution is 0.368. The van der Waals surface area contributed by atoms with Gasteiger partial charge >= 0.3 is 0 Å². The highest BCUT2D eigenvalue weighted by Gasteiger charge is 2.21. The Morgan fingerprint density at radius 2 is 2.11 bits per heavy atom. The van der Waals surface area contributed by atoms with E-state index < -0.39 is 0 Å². The molecule has 4 heteroatoms. The molecule has 4 nitrogen and oxygen atoms in total. The van der Waals surface area contributed by atoms with Crippen molar-refractivity contribution in [1.82, 2.24) is 15.5 Å². The van der Waals surface area contributed by atoms with Gasteiger partial charge in [0.15, 0.2) is 5.82 Å². The molecule has 0 saturated carbocycles. The summed E-state index contributed by atoms with van der Waals surface area (Å²) in [7, 11) is 0. The summed E-state index contributed by atoms with van der Waals surface area (Å²) in [6, 6.07) is 10.7. The third kappa shape index (κ3) is 2.59. The molecular formula is C14H17N3O. The van der Waals surface area contributed by atoms with Crippen LogP contribution in [-0.4, -0.2) is 16.7 Å². The Hall–Kier alpha value is -1.68. The fraction of sp³-hybridized carbons (Fsp3) is 0.429. The van der Waals surface area contributed by atoms with Gasteiger partial charge in [-0.05, 0) is 31.4 Å². The second-order valence-electron chi connectivity index (χ2n) is 4.68. The minimum Gasteiger partial charge on any atom is -0.339 e. The van der Waals surface area contributed by atoms with Gasteiger partial charge in [-0.2, -0.15) is 4.98 Å². The maximum absolute atomic E-state index is 5.30. The lowest BCUT2D eigenvalue weighted by atomic mass is 10.1. The van der Waals surface area contributed by atoms with Crippen molar-refractivity contribution >= 4 is 0 Å². The van der Waals surface area contributed by atoms with Crippen molar-refractivity contribution in [2.24, 2.45) is 0 Å². The fourth-order valence-electron chi connectivity index (χ4n) is 2.31. The largest absolute Gasteiger partial charge is 0.339 e. The molecule has 1 aromatic carbocycles. The van der Waals surface area contributed by atoms with Gasteiger partial charge in [-0.25, -0.2) is 0 Å². The van der Waals surface area contributed by atoms with Crippen molar-refractivity contribution in [1.29, 1.82) is 0 Å². The molecule has 1 saturated heterocycles. The van der Waals surface area contributed by atoms with Crippen molar-refractivity contribution in [2.75, 3.05) is 6.54 Å². The van der Waals surface area contributed by atoms with E-state index in [9.17, 15) is 0 Å². The van der Waals surface area contributed by atoms with Crippen LogP contribution in [0.3, 0.4) is 0 Å². The summed E-state index contributed by atoms with van der Waals surface area (Å²) in [5, 5.41) is 7.44. The van der Waals surface area contributed by atoms with E-state index in [0.717, 1.165) is 37.5 Å². The molecule has 1 aliphatic rings. The number of nitrogens with zero attached hydrogens (tertiary/aromatic N) is 2. The van der Waals surface area contributed by atoms with Crippen LogP contribution in [0.25, 0.3) is 0 Å². The Morgan fingerprint density at radius 3 is 2.89 bits per heavy atom. The zero-order chi connectivity index (χ0) is 12.2. The highest BCUT2D eigenvalue weighted by Crippen LogP contribution is 2.20. The van der Waals surface area contributed by atoms with Crippen molar-refractivity contribution in [3.63, 3.8) is 0 Å². The topological polar surface area (TPSA) is 51.0 Å². The van der Waals surface area contributed by atoms with Gasteiger partial charge in [-0.15, -0.1) is 0 Å². The van der Waals surface area contributed by atoms with E-state index in [1.807, 2.05) is 6.07 Å². The maximum Gasteiger partial charge on any atom is 0.227 e. The molecule has 2 heterocycles. The number of rotatable bonds is 4. The SMILES string of the molecule is c1ccc(CCc2nc(C3CCCN3)no2)cc1. The first-order chi connectivity index (χ1) is 8.92. The molecule has 2 aromatic rings. The average molecular weight is 243 g/mol. The van der Waals surface area contributed by atoms with Gasteiger partial charge in [0, 0.05) is 6.42 Å². The third-order valence-corrected chi connectivity index (χ3v) is 3.33. The molecule has 1 atom stereocenters. The zero-order valence-corrected chi connectivity index (χ0v) is 10.3. The Labute approximate surface area is 106 Å². The molecule has 0 bridgehead atoms. The van der Waals surface area contributed by atoms with Crippen molar-refractivity contribution < 1.29 is 4.52 Å². The van der Waals surface area contributed by atoms with Crippen molar-refractivity contribution in [2.45, 2.75) is 31.7 Å². The van der Waals surface area contributed by atoms with Crippen LogP contribution in [0.1, 0.15) is 36.2 Å². The molecule has 1 aliphatic heterocycles. The van der Waals surface area contributed by atoms with Gasteiger partial charge < -0.3 is 9.84 Å². The van der Waals surface area contributed by atoms with E-state index in [1.54, 1.807) is 0 Å². The third-order valence-electron chi connectivity index (χ3n) is 3.33. The Kier molecular flexibility index (Phi) is 3.37. The predicted octanol–water partition coefficient (Wildman–Crippen LogP) is 2.28. The quantitative estimate of drug-likeness (QED) is 0.895. The van der Waals surface area contributed by atoms with E-state index in [2.05, 4.69) is 39.7 Å². The van der Waals surface area contributed by atoms with Gasteiger partial charge in [0.25, 0.3) is 0 Å². The van der Waals surface area contributed by atoms with E-state index in [4.69, 9.17) is 4.52 Å². The fourth-order valence-corrected chi connectivity index (χ4v) is 2.31. The first-order valence-corrected chi connectivity index (χ1v) is 6.51. The smallest absolute Gasteiger partial charge is 0.227 e. The van der Waals surface area contributed by atoms with Crippen molar-refractivity contribution in [3.05, 3.63) is 47.6 Å².